The van der Waals surface area contributed by atoms with E-state index in [-0.39, 0.29) is 6.61 Å². The van der Waals surface area contributed by atoms with Crippen molar-refractivity contribution in [3.63, 3.8) is 0 Å². The summed E-state index contributed by atoms with van der Waals surface area (Å²) in [6.45, 7) is 9.82. The molecule has 4 nitrogen and oxygen atoms in total. The highest BCUT2D eigenvalue weighted by Gasteiger charge is 2.07. The van der Waals surface area contributed by atoms with E-state index in [1.807, 2.05) is 6.08 Å². The van der Waals surface area contributed by atoms with Crippen LogP contribution < -0.4 is 5.32 Å². The maximum absolute atomic E-state index is 8.95. The molecule has 0 spiro atoms. The van der Waals surface area contributed by atoms with Gasteiger partial charge in [-0.25, -0.2) is 0 Å². The van der Waals surface area contributed by atoms with Crippen molar-refractivity contribution in [1.82, 2.24) is 10.2 Å². The van der Waals surface area contributed by atoms with E-state index in [1.54, 1.807) is 6.26 Å². The summed E-state index contributed by atoms with van der Waals surface area (Å²) in [5.41, 5.74) is 1.16. The Labute approximate surface area is 103 Å². The first-order chi connectivity index (χ1) is 8.30. The molecular weight excluding hydrogens is 216 g/mol. The van der Waals surface area contributed by atoms with Crippen molar-refractivity contribution in [3.05, 3.63) is 36.3 Å². The fourth-order valence-electron chi connectivity index (χ4n) is 1.65. The minimum atomic E-state index is 0.152. The predicted molar refractivity (Wildman–Crippen MR) is 68.6 cm³/mol. The molecule has 17 heavy (non-hydrogen) atoms. The van der Waals surface area contributed by atoms with Crippen molar-refractivity contribution >= 4 is 0 Å². The van der Waals surface area contributed by atoms with Gasteiger partial charge in [0.15, 0.2) is 0 Å². The van der Waals surface area contributed by atoms with E-state index in [0.717, 1.165) is 31.0 Å². The third kappa shape index (κ3) is 5.17. The third-order valence-electron chi connectivity index (χ3n) is 2.47. The fraction of sp³-hybridized carbons (Fsp3) is 0.538. The van der Waals surface area contributed by atoms with Crippen LogP contribution in [-0.2, 0) is 13.1 Å². The molecule has 1 rings (SSSR count). The molecule has 0 aliphatic heterocycles. The lowest BCUT2D eigenvalue weighted by Gasteiger charge is -2.17. The second kappa shape index (κ2) is 8.06. The lowest BCUT2D eigenvalue weighted by Crippen LogP contribution is -2.26. The summed E-state index contributed by atoms with van der Waals surface area (Å²) in [4.78, 5) is 2.09. The van der Waals surface area contributed by atoms with E-state index in [0.29, 0.717) is 13.1 Å². The molecule has 0 radical (unpaired) electrons. The van der Waals surface area contributed by atoms with Crippen molar-refractivity contribution in [1.29, 1.82) is 0 Å². The van der Waals surface area contributed by atoms with Crippen LogP contribution in [0, 0.1) is 0 Å². The molecule has 1 aromatic rings. The summed E-state index contributed by atoms with van der Waals surface area (Å²) in [7, 11) is 0. The average molecular weight is 238 g/mol. The van der Waals surface area contributed by atoms with Crippen LogP contribution >= 0.6 is 0 Å². The zero-order valence-electron chi connectivity index (χ0n) is 10.5. The third-order valence-corrected chi connectivity index (χ3v) is 2.47. The van der Waals surface area contributed by atoms with Crippen LogP contribution in [0.1, 0.15) is 18.2 Å². The van der Waals surface area contributed by atoms with Gasteiger partial charge < -0.3 is 14.8 Å². The lowest BCUT2D eigenvalue weighted by atomic mass is 10.3. The summed E-state index contributed by atoms with van der Waals surface area (Å²) < 4.78 is 5.49. The molecule has 4 heteroatoms. The molecule has 0 saturated heterocycles. The molecule has 0 fully saturated rings. The van der Waals surface area contributed by atoms with Gasteiger partial charge in [-0.15, -0.1) is 6.58 Å². The van der Waals surface area contributed by atoms with Gasteiger partial charge in [0.1, 0.15) is 5.76 Å². The first-order valence-electron chi connectivity index (χ1n) is 6.01. The van der Waals surface area contributed by atoms with Crippen LogP contribution in [0.3, 0.4) is 0 Å². The minimum Gasteiger partial charge on any atom is -0.468 e. The number of hydrogen-bond donors (Lipinski definition) is 2. The Hall–Kier alpha value is -1.10. The number of aliphatic hydroxyl groups excluding tert-OH is 1. The average Bonchev–Trinajstić information content (AvgIpc) is 2.75. The van der Waals surface area contributed by atoms with Crippen LogP contribution in [0.4, 0.5) is 0 Å². The van der Waals surface area contributed by atoms with E-state index in [2.05, 4.69) is 29.8 Å². The molecule has 0 aliphatic carbocycles. The highest BCUT2D eigenvalue weighted by Crippen LogP contribution is 2.10. The van der Waals surface area contributed by atoms with Gasteiger partial charge in [-0.2, -0.15) is 0 Å². The maximum Gasteiger partial charge on any atom is 0.118 e. The molecule has 96 valence electrons. The fourth-order valence-corrected chi connectivity index (χ4v) is 1.65. The summed E-state index contributed by atoms with van der Waals surface area (Å²) in [5, 5.41) is 12.2. The predicted octanol–water partition coefficient (Wildman–Crippen LogP) is 1.37. The molecule has 0 unspecified atom stereocenters. The summed E-state index contributed by atoms with van der Waals surface area (Å²) in [6, 6.07) is 2.05. The number of furan rings is 1. The molecule has 2 N–H and O–H groups in total. The Balaban J connectivity index is 2.47. The zero-order chi connectivity index (χ0) is 12.5. The van der Waals surface area contributed by atoms with Crippen molar-refractivity contribution < 1.29 is 9.52 Å². The zero-order valence-corrected chi connectivity index (χ0v) is 10.5. The monoisotopic (exact) mass is 238 g/mol. The standard InChI is InChI=1S/C13H22N2O2/c1-3-5-15(6-7-16)10-13-8-12(11-17-13)9-14-4-2/h3,8,11,14,16H,1,4-7,9-10H2,2H3. The molecule has 1 aromatic heterocycles. The van der Waals surface area contributed by atoms with Gasteiger partial charge in [0.2, 0.25) is 0 Å². The quantitative estimate of drug-likeness (QED) is 0.638. The molecule has 0 bridgehead atoms. The van der Waals surface area contributed by atoms with E-state index in [9.17, 15) is 0 Å². The Bertz CT molecular complexity index is 323. The van der Waals surface area contributed by atoms with Crippen LogP contribution in [0.25, 0.3) is 0 Å². The molecule has 1 heterocycles. The Morgan fingerprint density at radius 1 is 1.59 bits per heavy atom. The first kappa shape index (κ1) is 14.0. The number of nitrogens with one attached hydrogen (secondary N) is 1. The highest BCUT2D eigenvalue weighted by molar-refractivity contribution is 5.12. The van der Waals surface area contributed by atoms with Gasteiger partial charge in [-0.3, -0.25) is 4.90 Å². The molecule has 0 atom stereocenters. The molecule has 0 saturated carbocycles. The lowest BCUT2D eigenvalue weighted by molar-refractivity contribution is 0.194. The van der Waals surface area contributed by atoms with Gasteiger partial charge in [-0.1, -0.05) is 13.0 Å². The number of hydrogen-bond acceptors (Lipinski definition) is 4. The van der Waals surface area contributed by atoms with Crippen LogP contribution in [0.5, 0.6) is 0 Å². The van der Waals surface area contributed by atoms with Gasteiger partial charge in [-0.05, 0) is 12.6 Å². The number of rotatable bonds is 9. The van der Waals surface area contributed by atoms with Crippen LogP contribution in [0.2, 0.25) is 0 Å². The summed E-state index contributed by atoms with van der Waals surface area (Å²) >= 11 is 0. The molecule has 0 aromatic carbocycles. The van der Waals surface area contributed by atoms with E-state index in [4.69, 9.17) is 9.52 Å². The Morgan fingerprint density at radius 2 is 2.41 bits per heavy atom. The number of aliphatic hydroxyl groups is 1. The molecule has 0 amide bonds. The topological polar surface area (TPSA) is 48.6 Å². The smallest absolute Gasteiger partial charge is 0.118 e. The SMILES string of the molecule is C=CCN(CCO)Cc1cc(CNCC)co1. The molecule has 0 aliphatic rings. The Kier molecular flexibility index (Phi) is 6.62. The Morgan fingerprint density at radius 3 is 3.06 bits per heavy atom. The second-order valence-electron chi connectivity index (χ2n) is 3.95. The minimum absolute atomic E-state index is 0.152. The van der Waals surface area contributed by atoms with Gasteiger partial charge in [0, 0.05) is 25.2 Å². The van der Waals surface area contributed by atoms with Crippen molar-refractivity contribution in [3.8, 4) is 0 Å². The van der Waals surface area contributed by atoms with Gasteiger partial charge in [0.05, 0.1) is 19.4 Å². The van der Waals surface area contributed by atoms with Crippen molar-refractivity contribution in [2.24, 2.45) is 0 Å². The van der Waals surface area contributed by atoms with Crippen molar-refractivity contribution in [2.75, 3.05) is 26.2 Å². The van der Waals surface area contributed by atoms with E-state index in [1.165, 1.54) is 0 Å². The summed E-state index contributed by atoms with van der Waals surface area (Å²) in [5.74, 6) is 0.924. The highest BCUT2D eigenvalue weighted by atomic mass is 16.3. The second-order valence-corrected chi connectivity index (χ2v) is 3.95. The van der Waals surface area contributed by atoms with Crippen LogP contribution in [-0.4, -0.2) is 36.2 Å². The summed E-state index contributed by atoms with van der Waals surface area (Å²) in [6.07, 6.45) is 3.61. The normalized spacial score (nSPS) is 11.0. The maximum atomic E-state index is 8.95. The first-order valence-corrected chi connectivity index (χ1v) is 6.01. The van der Waals surface area contributed by atoms with E-state index >= 15 is 0 Å². The van der Waals surface area contributed by atoms with Crippen molar-refractivity contribution in [2.45, 2.75) is 20.0 Å². The number of nitrogens with zero attached hydrogens (tertiary/aromatic N) is 1. The molecular formula is C13H22N2O2. The van der Waals surface area contributed by atoms with Gasteiger partial charge in [0.25, 0.3) is 0 Å². The largest absolute Gasteiger partial charge is 0.468 e. The van der Waals surface area contributed by atoms with E-state index < -0.39 is 0 Å². The van der Waals surface area contributed by atoms with Crippen LogP contribution in [0.15, 0.2) is 29.4 Å². The van der Waals surface area contributed by atoms with Gasteiger partial charge >= 0.3 is 0 Å².